The Labute approximate surface area is 126 Å². The van der Waals surface area contributed by atoms with E-state index in [4.69, 9.17) is 0 Å². The van der Waals surface area contributed by atoms with E-state index in [1.807, 2.05) is 13.0 Å². The smallest absolute Gasteiger partial charge is 0.277 e. The molecule has 4 nitrogen and oxygen atoms in total. The molecule has 0 fully saturated rings. The van der Waals surface area contributed by atoms with Gasteiger partial charge in [0.1, 0.15) is 5.82 Å². The number of amides is 2. The standard InChI is InChI=1S/C17H13FN2O2/c1-10-7-16(21)20-15-9-13(5-6-14(10)15)19-17(22)11-3-2-4-12(18)8-11/h2-9,14H,1H3,(H,20,21). The van der Waals surface area contributed by atoms with Gasteiger partial charge in [0.2, 0.25) is 5.91 Å². The first-order valence-corrected chi connectivity index (χ1v) is 6.80. The lowest BCUT2D eigenvalue weighted by Gasteiger charge is -2.25. The number of nitrogens with zero attached hydrogens (tertiary/aromatic N) is 1. The lowest BCUT2D eigenvalue weighted by Crippen LogP contribution is -2.32. The average molecular weight is 296 g/mol. The number of rotatable bonds is 1. The van der Waals surface area contributed by atoms with Gasteiger partial charge in [-0.15, -0.1) is 0 Å². The summed E-state index contributed by atoms with van der Waals surface area (Å²) in [6.07, 6.45) is 6.81. The molecule has 1 aromatic rings. The molecule has 0 saturated carbocycles. The summed E-state index contributed by atoms with van der Waals surface area (Å²) in [5.74, 6) is -1.19. The SMILES string of the molecule is CC1=CC(=O)NC2=CC(=NC(=O)c3cccc(F)c3)C=CC12. The summed E-state index contributed by atoms with van der Waals surface area (Å²) in [5.41, 5.74) is 2.24. The van der Waals surface area contributed by atoms with E-state index in [9.17, 15) is 14.0 Å². The summed E-state index contributed by atoms with van der Waals surface area (Å²) in [5, 5.41) is 2.74. The molecule has 1 unspecified atom stereocenters. The fraction of sp³-hybridized carbons (Fsp3) is 0.118. The molecule has 0 radical (unpaired) electrons. The van der Waals surface area contributed by atoms with Gasteiger partial charge in [0.05, 0.1) is 5.71 Å². The zero-order valence-electron chi connectivity index (χ0n) is 11.8. The van der Waals surface area contributed by atoms with Gasteiger partial charge in [-0.25, -0.2) is 9.38 Å². The number of benzene rings is 1. The van der Waals surface area contributed by atoms with Gasteiger partial charge in [-0.05, 0) is 37.3 Å². The molecule has 5 heteroatoms. The van der Waals surface area contributed by atoms with Crippen LogP contribution < -0.4 is 5.32 Å². The molecule has 0 spiro atoms. The van der Waals surface area contributed by atoms with Crippen LogP contribution in [0.25, 0.3) is 0 Å². The molecular weight excluding hydrogens is 283 g/mol. The molecule has 1 aromatic carbocycles. The van der Waals surface area contributed by atoms with Crippen molar-refractivity contribution >= 4 is 17.5 Å². The van der Waals surface area contributed by atoms with Crippen molar-refractivity contribution in [1.82, 2.24) is 5.32 Å². The maximum atomic E-state index is 13.1. The van der Waals surface area contributed by atoms with Crippen molar-refractivity contribution in [2.45, 2.75) is 6.92 Å². The first kappa shape index (κ1) is 14.1. The van der Waals surface area contributed by atoms with Crippen LogP contribution in [0.15, 0.2) is 64.8 Å². The highest BCUT2D eigenvalue weighted by atomic mass is 19.1. The number of allylic oxidation sites excluding steroid dienone is 3. The number of fused-ring (bicyclic) bond motifs is 1. The predicted molar refractivity (Wildman–Crippen MR) is 80.8 cm³/mol. The Kier molecular flexibility index (Phi) is 3.55. The quantitative estimate of drug-likeness (QED) is 0.866. The van der Waals surface area contributed by atoms with E-state index in [1.165, 1.54) is 18.2 Å². The summed E-state index contributed by atoms with van der Waals surface area (Å²) in [6, 6.07) is 5.38. The molecule has 22 heavy (non-hydrogen) atoms. The monoisotopic (exact) mass is 296 g/mol. The summed E-state index contributed by atoms with van der Waals surface area (Å²) < 4.78 is 13.1. The first-order chi connectivity index (χ1) is 10.5. The summed E-state index contributed by atoms with van der Waals surface area (Å²) in [7, 11) is 0. The Bertz CT molecular complexity index is 788. The molecule has 2 amide bonds. The van der Waals surface area contributed by atoms with Crippen LogP contribution in [0, 0.1) is 11.7 Å². The Hall–Kier alpha value is -2.82. The number of carbonyl (C=O) groups excluding carboxylic acids is 2. The molecule has 110 valence electrons. The van der Waals surface area contributed by atoms with E-state index in [1.54, 1.807) is 18.2 Å². The number of halogens is 1. The maximum absolute atomic E-state index is 13.1. The zero-order chi connectivity index (χ0) is 15.7. The Morgan fingerprint density at radius 3 is 2.91 bits per heavy atom. The second-order valence-corrected chi connectivity index (χ2v) is 5.17. The molecule has 0 bridgehead atoms. The molecule has 2 aliphatic rings. The molecule has 1 heterocycles. The molecule has 1 atom stereocenters. The van der Waals surface area contributed by atoms with E-state index >= 15 is 0 Å². The zero-order valence-corrected chi connectivity index (χ0v) is 11.8. The van der Waals surface area contributed by atoms with Crippen LogP contribution in [0.3, 0.4) is 0 Å². The van der Waals surface area contributed by atoms with Gasteiger partial charge >= 0.3 is 0 Å². The van der Waals surface area contributed by atoms with Gasteiger partial charge in [0.15, 0.2) is 0 Å². The lowest BCUT2D eigenvalue weighted by atomic mass is 9.89. The number of aliphatic imine (C=N–C) groups is 1. The number of nitrogens with one attached hydrogen (secondary N) is 1. The molecular formula is C17H13FN2O2. The van der Waals surface area contributed by atoms with Crippen LogP contribution in [-0.4, -0.2) is 17.5 Å². The topological polar surface area (TPSA) is 58.5 Å². The molecule has 1 N–H and O–H groups in total. The molecule has 3 rings (SSSR count). The van der Waals surface area contributed by atoms with Gasteiger partial charge in [-0.2, -0.15) is 0 Å². The second-order valence-electron chi connectivity index (χ2n) is 5.17. The van der Waals surface area contributed by atoms with Crippen molar-refractivity contribution in [3.63, 3.8) is 0 Å². The Balaban J connectivity index is 1.88. The van der Waals surface area contributed by atoms with E-state index in [0.29, 0.717) is 11.4 Å². The molecule has 1 aliphatic heterocycles. The third-order valence-corrected chi connectivity index (χ3v) is 3.52. The van der Waals surface area contributed by atoms with Gasteiger partial charge in [-0.1, -0.05) is 17.7 Å². The Morgan fingerprint density at radius 2 is 2.14 bits per heavy atom. The number of carbonyl (C=O) groups is 2. The second kappa shape index (κ2) is 5.52. The number of hydrogen-bond acceptors (Lipinski definition) is 2. The van der Waals surface area contributed by atoms with Crippen LogP contribution in [0.5, 0.6) is 0 Å². The van der Waals surface area contributed by atoms with Crippen molar-refractivity contribution in [2.75, 3.05) is 0 Å². The van der Waals surface area contributed by atoms with Crippen molar-refractivity contribution in [1.29, 1.82) is 0 Å². The lowest BCUT2D eigenvalue weighted by molar-refractivity contribution is -0.116. The highest BCUT2D eigenvalue weighted by Crippen LogP contribution is 2.26. The fourth-order valence-electron chi connectivity index (χ4n) is 2.45. The molecule has 0 aromatic heterocycles. The van der Waals surface area contributed by atoms with E-state index in [-0.39, 0.29) is 17.4 Å². The van der Waals surface area contributed by atoms with Crippen molar-refractivity contribution < 1.29 is 14.0 Å². The average Bonchev–Trinajstić information content (AvgIpc) is 2.46. The minimum absolute atomic E-state index is 0.000853. The minimum Gasteiger partial charge on any atom is -0.325 e. The van der Waals surface area contributed by atoms with Gasteiger partial charge in [0, 0.05) is 23.3 Å². The van der Waals surface area contributed by atoms with Crippen molar-refractivity contribution in [3.05, 3.63) is 71.2 Å². The van der Waals surface area contributed by atoms with E-state index in [0.717, 1.165) is 11.6 Å². The molecule has 0 saturated heterocycles. The van der Waals surface area contributed by atoms with Crippen LogP contribution in [0.4, 0.5) is 4.39 Å². The van der Waals surface area contributed by atoms with Crippen LogP contribution >= 0.6 is 0 Å². The normalized spacial score (nSPS) is 21.8. The third-order valence-electron chi connectivity index (χ3n) is 3.52. The van der Waals surface area contributed by atoms with Gasteiger partial charge in [-0.3, -0.25) is 9.59 Å². The highest BCUT2D eigenvalue weighted by molar-refractivity contribution is 6.14. The minimum atomic E-state index is -0.524. The van der Waals surface area contributed by atoms with Crippen LogP contribution in [0.2, 0.25) is 0 Å². The van der Waals surface area contributed by atoms with E-state index in [2.05, 4.69) is 10.3 Å². The van der Waals surface area contributed by atoms with E-state index < -0.39 is 11.7 Å². The summed E-state index contributed by atoms with van der Waals surface area (Å²) in [6.45, 7) is 1.88. The predicted octanol–water partition coefficient (Wildman–Crippen LogP) is 2.55. The van der Waals surface area contributed by atoms with Gasteiger partial charge < -0.3 is 5.32 Å². The van der Waals surface area contributed by atoms with Crippen LogP contribution in [-0.2, 0) is 4.79 Å². The van der Waals surface area contributed by atoms with Crippen LogP contribution in [0.1, 0.15) is 17.3 Å². The third kappa shape index (κ3) is 2.79. The summed E-state index contributed by atoms with van der Waals surface area (Å²) in [4.78, 5) is 27.5. The van der Waals surface area contributed by atoms with Crippen molar-refractivity contribution in [3.8, 4) is 0 Å². The highest BCUT2D eigenvalue weighted by Gasteiger charge is 2.23. The van der Waals surface area contributed by atoms with Gasteiger partial charge in [0.25, 0.3) is 5.91 Å². The summed E-state index contributed by atoms with van der Waals surface area (Å²) >= 11 is 0. The Morgan fingerprint density at radius 1 is 1.32 bits per heavy atom. The maximum Gasteiger partial charge on any atom is 0.277 e. The first-order valence-electron chi connectivity index (χ1n) is 6.80. The fourth-order valence-corrected chi connectivity index (χ4v) is 2.45. The number of hydrogen-bond donors (Lipinski definition) is 1. The van der Waals surface area contributed by atoms with Crippen molar-refractivity contribution in [2.24, 2.45) is 10.9 Å². The molecule has 1 aliphatic carbocycles. The largest absolute Gasteiger partial charge is 0.325 e.